The van der Waals surface area contributed by atoms with Crippen molar-refractivity contribution >= 4 is 15.4 Å². The molecule has 2 heteroatoms. The highest BCUT2D eigenvalue weighted by Gasteiger charge is 1.94. The van der Waals surface area contributed by atoms with Crippen molar-refractivity contribution in [2.75, 3.05) is 6.61 Å². The van der Waals surface area contributed by atoms with Crippen molar-refractivity contribution in [1.29, 1.82) is 0 Å². The number of hydrogen-bond donors (Lipinski definition) is 1. The first kappa shape index (κ1) is 8.49. The highest BCUT2D eigenvalue weighted by Crippen LogP contribution is 1.98. The fourth-order valence-corrected chi connectivity index (χ4v) is 1.31. The molecule has 0 saturated carbocycles. The zero-order chi connectivity index (χ0) is 8.10. The third-order valence-corrected chi connectivity index (χ3v) is 2.11. The van der Waals surface area contributed by atoms with E-state index in [1.807, 2.05) is 18.2 Å². The van der Waals surface area contributed by atoms with Crippen molar-refractivity contribution in [3.8, 4) is 0 Å². The van der Waals surface area contributed by atoms with E-state index in [-0.39, 0.29) is 6.61 Å². The predicted octanol–water partition coefficient (Wildman–Crippen LogP) is 0.405. The van der Waals surface area contributed by atoms with Crippen LogP contribution < -0.4 is 5.19 Å². The van der Waals surface area contributed by atoms with Crippen molar-refractivity contribution in [1.82, 2.24) is 0 Å². The molecular weight excluding hydrogens is 152 g/mol. The van der Waals surface area contributed by atoms with Gasteiger partial charge in [-0.3, -0.25) is 0 Å². The summed E-state index contributed by atoms with van der Waals surface area (Å²) in [5, 5.41) is 9.73. The predicted molar refractivity (Wildman–Crippen MR) is 47.2 cm³/mol. The number of aliphatic hydroxyl groups is 1. The van der Waals surface area contributed by atoms with Gasteiger partial charge in [0.15, 0.2) is 0 Å². The van der Waals surface area contributed by atoms with E-state index in [1.54, 1.807) is 0 Å². The van der Waals surface area contributed by atoms with E-state index >= 15 is 0 Å². The van der Waals surface area contributed by atoms with E-state index in [9.17, 15) is 0 Å². The number of aryl methyl sites for hydroxylation is 1. The van der Waals surface area contributed by atoms with Crippen LogP contribution in [0.15, 0.2) is 24.3 Å². The molecule has 1 nitrogen and oxygen atoms in total. The van der Waals surface area contributed by atoms with E-state index in [4.69, 9.17) is 5.11 Å². The van der Waals surface area contributed by atoms with Gasteiger partial charge in [-0.1, -0.05) is 29.5 Å². The quantitative estimate of drug-likeness (QED) is 0.640. The van der Waals surface area contributed by atoms with Crippen LogP contribution in [-0.4, -0.2) is 22.0 Å². The van der Waals surface area contributed by atoms with Crippen LogP contribution in [0.5, 0.6) is 0 Å². The van der Waals surface area contributed by atoms with Crippen molar-refractivity contribution in [2.45, 2.75) is 12.8 Å². The smallest absolute Gasteiger partial charge is 0.0715 e. The molecule has 1 N–H and O–H groups in total. The van der Waals surface area contributed by atoms with Crippen LogP contribution >= 0.6 is 0 Å². The fourth-order valence-electron chi connectivity index (χ4n) is 1.01. The summed E-state index contributed by atoms with van der Waals surface area (Å²) in [5.41, 5.74) is 1.26. The highest BCUT2D eigenvalue weighted by atomic mass is 28.1. The Balaban J connectivity index is 2.62. The Morgan fingerprint density at radius 2 is 2.00 bits per heavy atom. The molecule has 0 aliphatic heterocycles. The third kappa shape index (κ3) is 2.48. The lowest BCUT2D eigenvalue weighted by Crippen LogP contribution is -2.09. The molecule has 0 spiro atoms. The lowest BCUT2D eigenvalue weighted by molar-refractivity contribution is 0.288. The van der Waals surface area contributed by atoms with Gasteiger partial charge in [0.2, 0.25) is 0 Å². The normalized spacial score (nSPS) is 10.0. The fraction of sp³-hybridized carbons (Fsp3) is 0.333. The molecule has 57 valence electrons. The number of hydrogen-bond acceptors (Lipinski definition) is 1. The van der Waals surface area contributed by atoms with E-state index in [1.165, 1.54) is 5.56 Å². The molecule has 0 amide bonds. The van der Waals surface area contributed by atoms with Crippen LogP contribution in [0.2, 0.25) is 0 Å². The summed E-state index contributed by atoms with van der Waals surface area (Å²) < 4.78 is 0. The van der Waals surface area contributed by atoms with Gasteiger partial charge in [-0.05, 0) is 18.4 Å². The van der Waals surface area contributed by atoms with Crippen molar-refractivity contribution < 1.29 is 5.11 Å². The molecule has 0 heterocycles. The maximum absolute atomic E-state index is 8.60. The average molecular weight is 163 g/mol. The van der Waals surface area contributed by atoms with Gasteiger partial charge in [0.05, 0.1) is 10.2 Å². The minimum atomic E-state index is 0.264. The van der Waals surface area contributed by atoms with Gasteiger partial charge in [-0.15, -0.1) is 0 Å². The molecule has 0 saturated heterocycles. The Kier molecular flexibility index (Phi) is 3.33. The molecule has 0 fully saturated rings. The Bertz CT molecular complexity index is 223. The van der Waals surface area contributed by atoms with Gasteiger partial charge >= 0.3 is 0 Å². The first-order valence-electron chi connectivity index (χ1n) is 3.75. The lowest BCUT2D eigenvalue weighted by atomic mass is 10.1. The van der Waals surface area contributed by atoms with Gasteiger partial charge in [-0.2, -0.15) is 0 Å². The second kappa shape index (κ2) is 4.31. The zero-order valence-electron chi connectivity index (χ0n) is 6.38. The summed E-state index contributed by atoms with van der Waals surface area (Å²) in [6.07, 6.45) is 1.78. The van der Waals surface area contributed by atoms with Crippen LogP contribution in [0.4, 0.5) is 0 Å². The number of aliphatic hydroxyl groups excluding tert-OH is 1. The van der Waals surface area contributed by atoms with Gasteiger partial charge in [-0.25, -0.2) is 0 Å². The summed E-state index contributed by atoms with van der Waals surface area (Å²) in [7, 11) is 3.49. The highest BCUT2D eigenvalue weighted by molar-refractivity contribution is 6.33. The maximum atomic E-state index is 8.60. The standard InChI is InChI=1S/C9H11OSi/c10-7-3-5-8-4-1-2-6-9(8)11/h1-2,4,6,10H,3,5,7H2. The molecule has 1 aromatic carbocycles. The van der Waals surface area contributed by atoms with Crippen molar-refractivity contribution in [3.63, 3.8) is 0 Å². The molecule has 0 atom stereocenters. The summed E-state index contributed by atoms with van der Waals surface area (Å²) in [6, 6.07) is 8.09. The van der Waals surface area contributed by atoms with Crippen LogP contribution in [0.25, 0.3) is 0 Å². The van der Waals surface area contributed by atoms with Gasteiger partial charge in [0.25, 0.3) is 0 Å². The van der Waals surface area contributed by atoms with E-state index in [0.29, 0.717) is 0 Å². The molecule has 11 heavy (non-hydrogen) atoms. The molecule has 0 aromatic heterocycles. The van der Waals surface area contributed by atoms with Crippen molar-refractivity contribution in [2.24, 2.45) is 0 Å². The molecule has 0 aliphatic carbocycles. The van der Waals surface area contributed by atoms with Gasteiger partial charge in [0, 0.05) is 6.61 Å². The van der Waals surface area contributed by atoms with Crippen LogP contribution in [0, 0.1) is 0 Å². The first-order chi connectivity index (χ1) is 5.34. The average Bonchev–Trinajstić information content (AvgIpc) is 2.03. The molecule has 3 radical (unpaired) electrons. The van der Waals surface area contributed by atoms with Gasteiger partial charge in [0.1, 0.15) is 0 Å². The van der Waals surface area contributed by atoms with E-state index < -0.39 is 0 Å². The van der Waals surface area contributed by atoms with Gasteiger partial charge < -0.3 is 5.11 Å². The molecule has 0 bridgehead atoms. The van der Waals surface area contributed by atoms with Crippen molar-refractivity contribution in [3.05, 3.63) is 29.8 Å². The lowest BCUT2D eigenvalue weighted by Gasteiger charge is -2.02. The van der Waals surface area contributed by atoms with Crippen LogP contribution in [0.3, 0.4) is 0 Å². The second-order valence-electron chi connectivity index (χ2n) is 2.48. The summed E-state index contributed by atoms with van der Waals surface area (Å²) in [4.78, 5) is 0. The maximum Gasteiger partial charge on any atom is 0.0715 e. The molecule has 1 rings (SSSR count). The van der Waals surface area contributed by atoms with E-state index in [2.05, 4.69) is 16.3 Å². The Morgan fingerprint density at radius 3 is 2.64 bits per heavy atom. The second-order valence-corrected chi connectivity index (χ2v) is 3.02. The molecule has 0 unspecified atom stereocenters. The first-order valence-corrected chi connectivity index (χ1v) is 4.25. The number of benzene rings is 1. The topological polar surface area (TPSA) is 20.2 Å². The Labute approximate surface area is 70.5 Å². The van der Waals surface area contributed by atoms with Crippen LogP contribution in [0.1, 0.15) is 12.0 Å². The minimum absolute atomic E-state index is 0.264. The molecule has 0 aliphatic rings. The third-order valence-electron chi connectivity index (χ3n) is 1.62. The number of rotatable bonds is 3. The summed E-state index contributed by atoms with van der Waals surface area (Å²) >= 11 is 0. The largest absolute Gasteiger partial charge is 0.396 e. The van der Waals surface area contributed by atoms with Crippen LogP contribution in [-0.2, 0) is 6.42 Å². The monoisotopic (exact) mass is 163 g/mol. The SMILES string of the molecule is OCCCc1ccccc1[Si]. The van der Waals surface area contributed by atoms with E-state index in [0.717, 1.165) is 18.0 Å². The minimum Gasteiger partial charge on any atom is -0.396 e. The Hall–Kier alpha value is -0.603. The molecule has 1 aromatic rings. The zero-order valence-corrected chi connectivity index (χ0v) is 7.38. The summed E-state index contributed by atoms with van der Waals surface area (Å²) in [5.74, 6) is 0. The Morgan fingerprint density at radius 1 is 1.27 bits per heavy atom. The summed E-state index contributed by atoms with van der Waals surface area (Å²) in [6.45, 7) is 0.264. The molecular formula is C9H11OSi.